The minimum Gasteiger partial charge on any atom is -0.465 e. The largest absolute Gasteiger partial charge is 0.465 e. The van der Waals surface area contributed by atoms with E-state index in [2.05, 4.69) is 20.5 Å². The third-order valence-electron chi connectivity index (χ3n) is 2.69. The first-order valence-corrected chi connectivity index (χ1v) is 6.09. The number of benzene rings is 2. The Hall–Kier alpha value is -3.20. The molecule has 104 valence electrons. The Kier molecular flexibility index (Phi) is 4.62. The number of ether oxygens (including phenoxy) is 1. The second-order valence-electron chi connectivity index (χ2n) is 3.98. The molecule has 0 aliphatic rings. The quantitative estimate of drug-likeness (QED) is 0.528. The summed E-state index contributed by atoms with van der Waals surface area (Å²) in [5, 5.41) is 16.7. The van der Waals surface area contributed by atoms with E-state index < -0.39 is 5.97 Å². The molecule has 0 fully saturated rings. The summed E-state index contributed by atoms with van der Waals surface area (Å²) < 4.78 is 4.67. The number of nitrogens with one attached hydrogen (secondary N) is 1. The Morgan fingerprint density at radius 1 is 1.19 bits per heavy atom. The first-order valence-electron chi connectivity index (χ1n) is 6.09. The monoisotopic (exact) mass is 280 g/mol. The number of esters is 1. The minimum absolute atomic E-state index is 0.319. The van der Waals surface area contributed by atoms with Crippen LogP contribution in [0.5, 0.6) is 0 Å². The topological polar surface area (TPSA) is 86.8 Å². The molecular weight excluding hydrogens is 268 g/mol. The van der Waals surface area contributed by atoms with E-state index in [0.717, 1.165) is 0 Å². The van der Waals surface area contributed by atoms with Gasteiger partial charge in [0.25, 0.3) is 0 Å². The normalized spacial score (nSPS) is 10.1. The molecule has 0 saturated carbocycles. The average Bonchev–Trinajstić information content (AvgIpc) is 2.55. The predicted octanol–water partition coefficient (Wildman–Crippen LogP) is 3.46. The van der Waals surface area contributed by atoms with E-state index in [1.807, 2.05) is 6.07 Å². The zero-order valence-corrected chi connectivity index (χ0v) is 11.3. The number of carbonyl (C=O) groups is 1. The van der Waals surface area contributed by atoms with E-state index in [1.165, 1.54) is 7.11 Å². The van der Waals surface area contributed by atoms with Gasteiger partial charge in [0.15, 0.2) is 0 Å². The van der Waals surface area contributed by atoms with Gasteiger partial charge < -0.3 is 4.74 Å². The highest BCUT2D eigenvalue weighted by Gasteiger charge is 2.10. The van der Waals surface area contributed by atoms with Gasteiger partial charge in [-0.05, 0) is 24.3 Å². The summed E-state index contributed by atoms with van der Waals surface area (Å²) in [5.74, 6) is -0.484. The molecule has 0 saturated heterocycles. The van der Waals surface area contributed by atoms with Gasteiger partial charge in [0.2, 0.25) is 0 Å². The van der Waals surface area contributed by atoms with Gasteiger partial charge in [-0.25, -0.2) is 4.79 Å². The summed E-state index contributed by atoms with van der Waals surface area (Å²) in [5.41, 5.74) is 4.38. The van der Waals surface area contributed by atoms with Crippen molar-refractivity contribution in [3.63, 3.8) is 0 Å². The van der Waals surface area contributed by atoms with Gasteiger partial charge in [0.05, 0.1) is 23.9 Å². The molecule has 0 aromatic heterocycles. The molecule has 2 rings (SSSR count). The van der Waals surface area contributed by atoms with Crippen LogP contribution >= 0.6 is 0 Å². The van der Waals surface area contributed by atoms with Crippen molar-refractivity contribution < 1.29 is 9.53 Å². The van der Waals surface area contributed by atoms with Crippen molar-refractivity contribution in [2.75, 3.05) is 12.5 Å². The van der Waals surface area contributed by atoms with E-state index in [-0.39, 0.29) is 0 Å². The van der Waals surface area contributed by atoms with Crippen molar-refractivity contribution >= 4 is 17.3 Å². The average molecular weight is 280 g/mol. The van der Waals surface area contributed by atoms with Crippen LogP contribution in [0.4, 0.5) is 11.4 Å². The second-order valence-corrected chi connectivity index (χ2v) is 3.98. The van der Waals surface area contributed by atoms with Gasteiger partial charge in [-0.2, -0.15) is 5.26 Å². The van der Waals surface area contributed by atoms with Gasteiger partial charge in [0, 0.05) is 0 Å². The lowest BCUT2D eigenvalue weighted by molar-refractivity contribution is 0.0601. The number of para-hydroxylation sites is 1. The van der Waals surface area contributed by atoms with Gasteiger partial charge in [-0.3, -0.25) is 5.43 Å². The lowest BCUT2D eigenvalue weighted by atomic mass is 10.2. The van der Waals surface area contributed by atoms with Gasteiger partial charge in [-0.15, -0.1) is 5.11 Å². The van der Waals surface area contributed by atoms with Crippen LogP contribution in [-0.2, 0) is 4.74 Å². The molecule has 0 heterocycles. The van der Waals surface area contributed by atoms with E-state index in [9.17, 15) is 4.79 Å². The Morgan fingerprint density at radius 2 is 1.90 bits per heavy atom. The zero-order valence-electron chi connectivity index (χ0n) is 11.3. The van der Waals surface area contributed by atoms with Crippen LogP contribution in [0.3, 0.4) is 0 Å². The summed E-state index contributed by atoms with van der Waals surface area (Å²) in [6.45, 7) is 0. The smallest absolute Gasteiger partial charge is 0.340 e. The van der Waals surface area contributed by atoms with E-state index >= 15 is 0 Å². The summed E-state index contributed by atoms with van der Waals surface area (Å²) in [4.78, 5) is 11.6. The van der Waals surface area contributed by atoms with Crippen molar-refractivity contribution in [1.82, 2.24) is 0 Å². The fourth-order valence-corrected chi connectivity index (χ4v) is 1.65. The number of anilines is 1. The zero-order chi connectivity index (χ0) is 15.1. The molecule has 0 aliphatic heterocycles. The molecule has 6 nitrogen and oxygen atoms in total. The van der Waals surface area contributed by atoms with Crippen LogP contribution in [-0.4, -0.2) is 13.1 Å². The van der Waals surface area contributed by atoms with Crippen LogP contribution in [0.1, 0.15) is 15.9 Å². The third-order valence-corrected chi connectivity index (χ3v) is 2.69. The number of nitriles is 1. The van der Waals surface area contributed by atoms with Crippen LogP contribution < -0.4 is 5.43 Å². The van der Waals surface area contributed by atoms with Crippen LogP contribution in [0.15, 0.2) is 58.9 Å². The first-order chi connectivity index (χ1) is 10.3. The highest BCUT2D eigenvalue weighted by atomic mass is 16.5. The summed E-state index contributed by atoms with van der Waals surface area (Å²) in [7, 11) is 1.30. The molecule has 0 spiro atoms. The summed E-state index contributed by atoms with van der Waals surface area (Å²) >= 11 is 0. The molecule has 0 aliphatic carbocycles. The standard InChI is InChI=1S/C15H12N4O2/c1-21-15(20)12-7-3-5-9-14(12)18-19-17-13-8-4-2-6-11(13)10-16/h2-9H,1H3,(H,17,18). The van der Waals surface area contributed by atoms with Crippen molar-refractivity contribution in [2.24, 2.45) is 10.3 Å². The van der Waals surface area contributed by atoms with Gasteiger partial charge >= 0.3 is 5.97 Å². The molecule has 0 bridgehead atoms. The maximum atomic E-state index is 11.6. The van der Waals surface area contributed by atoms with Crippen LogP contribution in [0.25, 0.3) is 0 Å². The lowest BCUT2D eigenvalue weighted by Gasteiger charge is -2.03. The number of methoxy groups -OCH3 is 1. The number of carbonyl (C=O) groups excluding carboxylic acids is 1. The van der Waals surface area contributed by atoms with Gasteiger partial charge in [-0.1, -0.05) is 29.5 Å². The molecule has 21 heavy (non-hydrogen) atoms. The highest BCUT2D eigenvalue weighted by molar-refractivity contribution is 5.94. The molecule has 0 amide bonds. The number of hydrogen-bond donors (Lipinski definition) is 1. The Balaban J connectivity index is 2.19. The Labute approximate surface area is 121 Å². The number of rotatable bonds is 4. The van der Waals surface area contributed by atoms with E-state index in [0.29, 0.717) is 22.5 Å². The highest BCUT2D eigenvalue weighted by Crippen LogP contribution is 2.20. The summed E-state index contributed by atoms with van der Waals surface area (Å²) in [6, 6.07) is 15.7. The van der Waals surface area contributed by atoms with Crippen molar-refractivity contribution in [1.29, 1.82) is 5.26 Å². The SMILES string of the molecule is COC(=O)c1ccccc1N=NNc1ccccc1C#N. The van der Waals surface area contributed by atoms with E-state index in [1.54, 1.807) is 48.5 Å². The van der Waals surface area contributed by atoms with Crippen molar-refractivity contribution in [3.8, 4) is 6.07 Å². The number of hydrogen-bond acceptors (Lipinski definition) is 5. The Morgan fingerprint density at radius 3 is 2.67 bits per heavy atom. The molecule has 2 aromatic rings. The van der Waals surface area contributed by atoms with Crippen molar-refractivity contribution in [2.45, 2.75) is 0 Å². The fraction of sp³-hybridized carbons (Fsp3) is 0.0667. The molecular formula is C15H12N4O2. The maximum Gasteiger partial charge on any atom is 0.340 e. The molecule has 0 atom stereocenters. The first kappa shape index (κ1) is 14.2. The van der Waals surface area contributed by atoms with Gasteiger partial charge in [0.1, 0.15) is 11.8 Å². The molecule has 1 N–H and O–H groups in total. The molecule has 2 aromatic carbocycles. The number of nitrogens with zero attached hydrogens (tertiary/aromatic N) is 3. The lowest BCUT2D eigenvalue weighted by Crippen LogP contribution is -2.01. The maximum absolute atomic E-state index is 11.6. The predicted molar refractivity (Wildman–Crippen MR) is 77.1 cm³/mol. The minimum atomic E-state index is -0.484. The van der Waals surface area contributed by atoms with Crippen LogP contribution in [0, 0.1) is 11.3 Å². The summed E-state index contributed by atoms with van der Waals surface area (Å²) in [6.07, 6.45) is 0. The van der Waals surface area contributed by atoms with E-state index in [4.69, 9.17) is 5.26 Å². The molecule has 0 unspecified atom stereocenters. The molecule has 6 heteroatoms. The fourth-order valence-electron chi connectivity index (χ4n) is 1.65. The molecule has 0 radical (unpaired) electrons. The second kappa shape index (κ2) is 6.82. The van der Waals surface area contributed by atoms with Crippen molar-refractivity contribution in [3.05, 3.63) is 59.7 Å². The Bertz CT molecular complexity index is 720. The van der Waals surface area contributed by atoms with Crippen LogP contribution in [0.2, 0.25) is 0 Å². The third kappa shape index (κ3) is 3.42.